The molecule has 15 heavy (non-hydrogen) atoms. The monoisotopic (exact) mass is 204 g/mol. The van der Waals surface area contributed by atoms with Gasteiger partial charge in [-0.3, -0.25) is 4.68 Å². The highest BCUT2D eigenvalue weighted by molar-refractivity contribution is 6.58. The molecule has 2 aromatic rings. The molecule has 0 atom stereocenters. The third-order valence-electron chi connectivity index (χ3n) is 1.93. The molecule has 7 heteroatoms. The summed E-state index contributed by atoms with van der Waals surface area (Å²) >= 11 is 0. The molecule has 0 aliphatic carbocycles. The lowest BCUT2D eigenvalue weighted by molar-refractivity contribution is 0.425. The van der Waals surface area contributed by atoms with Gasteiger partial charge in [-0.2, -0.15) is 5.10 Å². The number of hydrogen-bond donors (Lipinski definition) is 2. The Bertz CT molecular complexity index is 454. The van der Waals surface area contributed by atoms with E-state index in [1.807, 2.05) is 0 Å². The molecule has 0 aromatic carbocycles. The summed E-state index contributed by atoms with van der Waals surface area (Å²) in [4.78, 5) is 8.00. The second-order valence-electron chi connectivity index (χ2n) is 3.12. The lowest BCUT2D eigenvalue weighted by Crippen LogP contribution is -2.30. The van der Waals surface area contributed by atoms with E-state index >= 15 is 0 Å². The van der Waals surface area contributed by atoms with E-state index in [0.717, 1.165) is 5.56 Å². The zero-order valence-electron chi connectivity index (χ0n) is 8.07. The maximum Gasteiger partial charge on any atom is 0.491 e. The van der Waals surface area contributed by atoms with Gasteiger partial charge in [-0.25, -0.2) is 9.97 Å². The highest BCUT2D eigenvalue weighted by Gasteiger charge is 2.12. The number of aromatic nitrogens is 4. The maximum absolute atomic E-state index is 8.85. The lowest BCUT2D eigenvalue weighted by atomic mass is 9.83. The highest BCUT2D eigenvalue weighted by atomic mass is 16.4. The van der Waals surface area contributed by atoms with Crippen molar-refractivity contribution in [1.82, 2.24) is 19.7 Å². The van der Waals surface area contributed by atoms with E-state index in [4.69, 9.17) is 10.0 Å². The SMILES string of the molecule is Cn1cc(-c2ncc(B(O)O)cn2)cn1. The minimum absolute atomic E-state index is 0.266. The lowest BCUT2D eigenvalue weighted by Gasteiger charge is -1.98. The fraction of sp³-hybridized carbons (Fsp3) is 0.125. The Morgan fingerprint density at radius 2 is 1.87 bits per heavy atom. The standard InChI is InChI=1S/C8H9BN4O2/c1-13-5-6(2-12-13)8-10-3-7(4-11-8)9(14)15/h2-5,14-15H,1H3. The predicted molar refractivity (Wildman–Crippen MR) is 54.1 cm³/mol. The summed E-state index contributed by atoms with van der Waals surface area (Å²) in [5.41, 5.74) is 1.05. The van der Waals surface area contributed by atoms with Gasteiger partial charge in [0.05, 0.1) is 11.8 Å². The topological polar surface area (TPSA) is 84.1 Å². The first kappa shape index (κ1) is 9.82. The molecule has 0 saturated carbocycles. The van der Waals surface area contributed by atoms with Crippen LogP contribution in [0.15, 0.2) is 24.8 Å². The van der Waals surface area contributed by atoms with Crippen molar-refractivity contribution in [3.8, 4) is 11.4 Å². The van der Waals surface area contributed by atoms with E-state index in [1.165, 1.54) is 12.4 Å². The Labute approximate surface area is 86.4 Å². The van der Waals surface area contributed by atoms with Crippen LogP contribution in [0.25, 0.3) is 11.4 Å². The molecule has 0 bridgehead atoms. The van der Waals surface area contributed by atoms with Crippen LogP contribution in [0.2, 0.25) is 0 Å². The quantitative estimate of drug-likeness (QED) is 0.585. The van der Waals surface area contributed by atoms with Crippen molar-refractivity contribution in [3.63, 3.8) is 0 Å². The molecule has 0 radical (unpaired) electrons. The number of aryl methyl sites for hydroxylation is 1. The molecule has 0 fully saturated rings. The molecule has 0 aliphatic heterocycles. The molecule has 2 aromatic heterocycles. The summed E-state index contributed by atoms with van der Waals surface area (Å²) in [5, 5.41) is 21.7. The summed E-state index contributed by atoms with van der Waals surface area (Å²) in [7, 11) is 0.267. The fourth-order valence-corrected chi connectivity index (χ4v) is 1.16. The van der Waals surface area contributed by atoms with Gasteiger partial charge in [-0.05, 0) is 0 Å². The second kappa shape index (κ2) is 3.80. The molecular formula is C8H9BN4O2. The van der Waals surface area contributed by atoms with Crippen molar-refractivity contribution in [2.75, 3.05) is 0 Å². The first-order valence-corrected chi connectivity index (χ1v) is 4.34. The van der Waals surface area contributed by atoms with Crippen LogP contribution in [0, 0.1) is 0 Å². The van der Waals surface area contributed by atoms with Crippen LogP contribution >= 0.6 is 0 Å². The van der Waals surface area contributed by atoms with Gasteiger partial charge in [-0.15, -0.1) is 0 Å². The van der Waals surface area contributed by atoms with Crippen LogP contribution in [0.3, 0.4) is 0 Å². The number of hydrogen-bond acceptors (Lipinski definition) is 5. The Balaban J connectivity index is 2.31. The molecule has 2 rings (SSSR count). The molecule has 2 heterocycles. The van der Waals surface area contributed by atoms with Gasteiger partial charge >= 0.3 is 7.12 Å². The van der Waals surface area contributed by atoms with Crippen molar-refractivity contribution >= 4 is 12.6 Å². The third-order valence-corrected chi connectivity index (χ3v) is 1.93. The molecule has 0 spiro atoms. The smallest absolute Gasteiger partial charge is 0.423 e. The molecule has 0 amide bonds. The predicted octanol–water partition coefficient (Wildman–Crippen LogP) is -1.44. The van der Waals surface area contributed by atoms with Crippen LogP contribution in [0.1, 0.15) is 0 Å². The minimum atomic E-state index is -1.53. The molecule has 2 N–H and O–H groups in total. The van der Waals surface area contributed by atoms with Crippen molar-refractivity contribution < 1.29 is 10.0 Å². The van der Waals surface area contributed by atoms with E-state index in [9.17, 15) is 0 Å². The Kier molecular flexibility index (Phi) is 2.48. The van der Waals surface area contributed by atoms with Gasteiger partial charge in [0, 0.05) is 31.1 Å². The van der Waals surface area contributed by atoms with Crippen LogP contribution in [-0.2, 0) is 7.05 Å². The maximum atomic E-state index is 8.85. The largest absolute Gasteiger partial charge is 0.491 e. The van der Waals surface area contributed by atoms with Gasteiger partial charge < -0.3 is 10.0 Å². The zero-order chi connectivity index (χ0) is 10.8. The molecule has 6 nitrogen and oxygen atoms in total. The van der Waals surface area contributed by atoms with E-state index in [2.05, 4.69) is 15.1 Å². The Morgan fingerprint density at radius 1 is 1.20 bits per heavy atom. The average Bonchev–Trinajstić information content (AvgIpc) is 2.65. The minimum Gasteiger partial charge on any atom is -0.423 e. The van der Waals surface area contributed by atoms with Crippen LogP contribution in [-0.4, -0.2) is 36.9 Å². The molecule has 0 unspecified atom stereocenters. The number of rotatable bonds is 2. The molecule has 0 aliphatic rings. The van der Waals surface area contributed by atoms with Crippen molar-refractivity contribution in [2.45, 2.75) is 0 Å². The summed E-state index contributed by atoms with van der Waals surface area (Å²) < 4.78 is 1.65. The van der Waals surface area contributed by atoms with Crippen molar-refractivity contribution in [1.29, 1.82) is 0 Å². The molecule has 0 saturated heterocycles. The van der Waals surface area contributed by atoms with Crippen molar-refractivity contribution in [3.05, 3.63) is 24.8 Å². The van der Waals surface area contributed by atoms with Gasteiger partial charge in [0.1, 0.15) is 0 Å². The normalized spacial score (nSPS) is 10.3. The highest BCUT2D eigenvalue weighted by Crippen LogP contribution is 2.10. The Hall–Kier alpha value is -1.73. The van der Waals surface area contributed by atoms with E-state index < -0.39 is 7.12 Å². The number of nitrogens with zero attached hydrogens (tertiary/aromatic N) is 4. The molecule has 76 valence electrons. The summed E-state index contributed by atoms with van der Waals surface area (Å²) in [6.07, 6.45) is 6.18. The van der Waals surface area contributed by atoms with Crippen LogP contribution in [0.5, 0.6) is 0 Å². The summed E-state index contributed by atoms with van der Waals surface area (Å²) in [6, 6.07) is 0. The van der Waals surface area contributed by atoms with Crippen LogP contribution in [0.4, 0.5) is 0 Å². The molecular weight excluding hydrogens is 195 g/mol. The van der Waals surface area contributed by atoms with Gasteiger partial charge in [-0.1, -0.05) is 0 Å². The van der Waals surface area contributed by atoms with Gasteiger partial charge in [0.25, 0.3) is 0 Å². The van der Waals surface area contributed by atoms with E-state index in [1.54, 1.807) is 24.1 Å². The van der Waals surface area contributed by atoms with Gasteiger partial charge in [0.15, 0.2) is 5.82 Å². The first-order valence-electron chi connectivity index (χ1n) is 4.34. The summed E-state index contributed by atoms with van der Waals surface area (Å²) in [6.45, 7) is 0. The van der Waals surface area contributed by atoms with E-state index in [0.29, 0.717) is 5.82 Å². The zero-order valence-corrected chi connectivity index (χ0v) is 8.07. The summed E-state index contributed by atoms with van der Waals surface area (Å²) in [5.74, 6) is 0.507. The van der Waals surface area contributed by atoms with E-state index in [-0.39, 0.29) is 5.46 Å². The fourth-order valence-electron chi connectivity index (χ4n) is 1.16. The van der Waals surface area contributed by atoms with Crippen LogP contribution < -0.4 is 5.46 Å². The van der Waals surface area contributed by atoms with Crippen molar-refractivity contribution in [2.24, 2.45) is 7.05 Å². The Morgan fingerprint density at radius 3 is 2.33 bits per heavy atom. The second-order valence-corrected chi connectivity index (χ2v) is 3.12. The first-order chi connectivity index (χ1) is 7.16. The van der Waals surface area contributed by atoms with Gasteiger partial charge in [0.2, 0.25) is 0 Å². The third kappa shape index (κ3) is 2.03. The average molecular weight is 204 g/mol.